The molecule has 14 heavy (non-hydrogen) atoms. The van der Waals surface area contributed by atoms with Gasteiger partial charge in [-0.25, -0.2) is 4.98 Å². The molecule has 0 amide bonds. The van der Waals surface area contributed by atoms with Crippen molar-refractivity contribution in [3.05, 3.63) is 17.8 Å². The highest BCUT2D eigenvalue weighted by Crippen LogP contribution is 2.29. The van der Waals surface area contributed by atoms with E-state index in [0.29, 0.717) is 23.2 Å². The van der Waals surface area contributed by atoms with Crippen molar-refractivity contribution >= 4 is 12.1 Å². The second kappa shape index (κ2) is 3.65. The highest BCUT2D eigenvalue weighted by Gasteiger charge is 2.24. The van der Waals surface area contributed by atoms with Gasteiger partial charge < -0.3 is 10.1 Å². The summed E-state index contributed by atoms with van der Waals surface area (Å²) in [6.07, 6.45) is 4.74. The van der Waals surface area contributed by atoms with E-state index in [4.69, 9.17) is 4.74 Å². The van der Waals surface area contributed by atoms with Gasteiger partial charge in [0.05, 0.1) is 11.7 Å². The number of hydrogen-bond acceptors (Lipinski definition) is 4. The molecule has 0 radical (unpaired) electrons. The van der Waals surface area contributed by atoms with E-state index in [0.717, 1.165) is 19.1 Å². The molecule has 0 saturated heterocycles. The maximum Gasteiger partial charge on any atom is 0.155 e. The molecule has 2 rings (SSSR count). The molecule has 1 heterocycles. The molecule has 1 N–H and O–H groups in total. The third-order valence-corrected chi connectivity index (χ3v) is 2.10. The third-order valence-electron chi connectivity index (χ3n) is 2.10. The predicted octanol–water partition coefficient (Wildman–Crippen LogP) is 1.48. The largest absolute Gasteiger partial charge is 0.489 e. The molecule has 1 saturated carbocycles. The summed E-state index contributed by atoms with van der Waals surface area (Å²) >= 11 is 0. The third kappa shape index (κ3) is 1.84. The zero-order valence-electron chi connectivity index (χ0n) is 7.99. The zero-order chi connectivity index (χ0) is 9.97. The van der Waals surface area contributed by atoms with E-state index < -0.39 is 0 Å². The van der Waals surface area contributed by atoms with Crippen LogP contribution in [0.2, 0.25) is 0 Å². The molecule has 0 bridgehead atoms. The molecule has 0 aliphatic heterocycles. The van der Waals surface area contributed by atoms with Gasteiger partial charge in [0.1, 0.15) is 11.6 Å². The molecule has 4 nitrogen and oxygen atoms in total. The Morgan fingerprint density at radius 1 is 1.64 bits per heavy atom. The molecule has 1 aromatic rings. The maximum atomic E-state index is 10.7. The Labute approximate surface area is 82.3 Å². The van der Waals surface area contributed by atoms with Gasteiger partial charge in [-0.15, -0.1) is 0 Å². The summed E-state index contributed by atoms with van der Waals surface area (Å²) in [5.41, 5.74) is 0.510. The minimum atomic E-state index is 0.292. The standard InChI is InChI=1S/C10H12N2O2/c1-11-10-4-9(14-8-2-3-8)7(6-13)5-12-10/h4-6,8H,2-3H2,1H3,(H,11,12). The van der Waals surface area contributed by atoms with E-state index in [1.165, 1.54) is 6.20 Å². The van der Waals surface area contributed by atoms with Crippen LogP contribution in [0.1, 0.15) is 23.2 Å². The fourth-order valence-electron chi connectivity index (χ4n) is 1.14. The minimum Gasteiger partial charge on any atom is -0.489 e. The lowest BCUT2D eigenvalue weighted by atomic mass is 10.3. The molecule has 0 atom stereocenters. The highest BCUT2D eigenvalue weighted by molar-refractivity contribution is 5.79. The van der Waals surface area contributed by atoms with Gasteiger partial charge in [0.15, 0.2) is 6.29 Å². The lowest BCUT2D eigenvalue weighted by Crippen LogP contribution is -2.02. The van der Waals surface area contributed by atoms with Crippen LogP contribution in [-0.2, 0) is 0 Å². The number of hydrogen-bond donors (Lipinski definition) is 1. The number of rotatable bonds is 4. The first-order valence-corrected chi connectivity index (χ1v) is 4.63. The minimum absolute atomic E-state index is 0.292. The number of pyridine rings is 1. The van der Waals surface area contributed by atoms with Crippen molar-refractivity contribution in [3.63, 3.8) is 0 Å². The van der Waals surface area contributed by atoms with Crippen molar-refractivity contribution in [3.8, 4) is 5.75 Å². The van der Waals surface area contributed by atoms with E-state index in [9.17, 15) is 4.79 Å². The van der Waals surface area contributed by atoms with Crippen LogP contribution in [0.3, 0.4) is 0 Å². The van der Waals surface area contributed by atoms with Crippen LogP contribution in [-0.4, -0.2) is 24.4 Å². The molecular formula is C10H12N2O2. The maximum absolute atomic E-state index is 10.7. The highest BCUT2D eigenvalue weighted by atomic mass is 16.5. The van der Waals surface area contributed by atoms with Crippen molar-refractivity contribution in [2.45, 2.75) is 18.9 Å². The Kier molecular flexibility index (Phi) is 2.35. The summed E-state index contributed by atoms with van der Waals surface area (Å²) in [5, 5.41) is 2.91. The van der Waals surface area contributed by atoms with Crippen molar-refractivity contribution in [2.75, 3.05) is 12.4 Å². The number of carbonyl (C=O) groups is 1. The van der Waals surface area contributed by atoms with E-state index in [1.807, 2.05) is 0 Å². The molecule has 1 aliphatic rings. The Hall–Kier alpha value is -1.58. The van der Waals surface area contributed by atoms with Gasteiger partial charge in [0.25, 0.3) is 0 Å². The lowest BCUT2D eigenvalue weighted by Gasteiger charge is -2.08. The average molecular weight is 192 g/mol. The summed E-state index contributed by atoms with van der Waals surface area (Å²) in [4.78, 5) is 14.7. The fourth-order valence-corrected chi connectivity index (χ4v) is 1.14. The number of aromatic nitrogens is 1. The first-order valence-electron chi connectivity index (χ1n) is 4.63. The molecule has 1 fully saturated rings. The van der Waals surface area contributed by atoms with E-state index >= 15 is 0 Å². The Morgan fingerprint density at radius 3 is 3.00 bits per heavy atom. The molecule has 0 aromatic carbocycles. The second-order valence-electron chi connectivity index (χ2n) is 3.29. The number of ether oxygens (including phenoxy) is 1. The first kappa shape index (κ1) is 8.99. The van der Waals surface area contributed by atoms with E-state index in [1.54, 1.807) is 13.1 Å². The van der Waals surface area contributed by atoms with Crippen molar-refractivity contribution in [2.24, 2.45) is 0 Å². The summed E-state index contributed by atoms with van der Waals surface area (Å²) in [6, 6.07) is 1.75. The van der Waals surface area contributed by atoms with Crippen LogP contribution < -0.4 is 10.1 Å². The molecule has 4 heteroatoms. The van der Waals surface area contributed by atoms with Crippen LogP contribution >= 0.6 is 0 Å². The number of carbonyl (C=O) groups excluding carboxylic acids is 1. The molecule has 0 spiro atoms. The summed E-state index contributed by atoms with van der Waals surface area (Å²) in [5.74, 6) is 1.34. The SMILES string of the molecule is CNc1cc(OC2CC2)c(C=O)cn1. The monoisotopic (exact) mass is 192 g/mol. The van der Waals surface area contributed by atoms with E-state index in [-0.39, 0.29) is 0 Å². The van der Waals surface area contributed by atoms with Gasteiger partial charge in [0, 0.05) is 19.3 Å². The van der Waals surface area contributed by atoms with Crippen LogP contribution in [0.4, 0.5) is 5.82 Å². The van der Waals surface area contributed by atoms with Gasteiger partial charge in [-0.05, 0) is 12.8 Å². The Balaban J connectivity index is 2.26. The molecule has 0 unspecified atom stereocenters. The molecule has 1 aliphatic carbocycles. The normalized spacial score (nSPS) is 14.9. The Bertz CT molecular complexity index is 348. The number of nitrogens with one attached hydrogen (secondary N) is 1. The molecule has 1 aromatic heterocycles. The van der Waals surface area contributed by atoms with Gasteiger partial charge >= 0.3 is 0 Å². The van der Waals surface area contributed by atoms with Gasteiger partial charge in [-0.2, -0.15) is 0 Å². The van der Waals surface area contributed by atoms with Crippen LogP contribution in [0.25, 0.3) is 0 Å². The van der Waals surface area contributed by atoms with Crippen LogP contribution in [0, 0.1) is 0 Å². The van der Waals surface area contributed by atoms with Crippen LogP contribution in [0.5, 0.6) is 5.75 Å². The van der Waals surface area contributed by atoms with Gasteiger partial charge in [-0.1, -0.05) is 0 Å². The number of nitrogens with zero attached hydrogens (tertiary/aromatic N) is 1. The van der Waals surface area contributed by atoms with Crippen LogP contribution in [0.15, 0.2) is 12.3 Å². The quantitative estimate of drug-likeness (QED) is 0.734. The van der Waals surface area contributed by atoms with E-state index in [2.05, 4.69) is 10.3 Å². The zero-order valence-corrected chi connectivity index (χ0v) is 7.99. The van der Waals surface area contributed by atoms with Gasteiger partial charge in [-0.3, -0.25) is 4.79 Å². The predicted molar refractivity (Wildman–Crippen MR) is 52.8 cm³/mol. The lowest BCUT2D eigenvalue weighted by molar-refractivity contribution is 0.111. The summed E-state index contributed by atoms with van der Waals surface area (Å²) in [7, 11) is 1.78. The van der Waals surface area contributed by atoms with Crippen molar-refractivity contribution in [1.29, 1.82) is 0 Å². The first-order chi connectivity index (χ1) is 6.83. The topological polar surface area (TPSA) is 51.2 Å². The fraction of sp³-hybridized carbons (Fsp3) is 0.400. The smallest absolute Gasteiger partial charge is 0.155 e. The Morgan fingerprint density at radius 2 is 2.43 bits per heavy atom. The van der Waals surface area contributed by atoms with Gasteiger partial charge in [0.2, 0.25) is 0 Å². The average Bonchev–Trinajstić information content (AvgIpc) is 3.01. The second-order valence-corrected chi connectivity index (χ2v) is 3.29. The summed E-state index contributed by atoms with van der Waals surface area (Å²) < 4.78 is 5.58. The molecular weight excluding hydrogens is 180 g/mol. The summed E-state index contributed by atoms with van der Waals surface area (Å²) in [6.45, 7) is 0. The molecule has 74 valence electrons. The number of anilines is 1. The number of aldehydes is 1. The van der Waals surface area contributed by atoms with Crippen molar-refractivity contribution in [1.82, 2.24) is 4.98 Å². The van der Waals surface area contributed by atoms with Crippen molar-refractivity contribution < 1.29 is 9.53 Å².